The molecule has 146 valence electrons. The highest BCUT2D eigenvalue weighted by atomic mass is 19.1. The summed E-state index contributed by atoms with van der Waals surface area (Å²) in [6.07, 6.45) is 1.47. The summed E-state index contributed by atoms with van der Waals surface area (Å²) in [6, 6.07) is 7.08. The van der Waals surface area contributed by atoms with E-state index in [-0.39, 0.29) is 11.5 Å². The summed E-state index contributed by atoms with van der Waals surface area (Å²) in [5, 5.41) is 2.85. The highest BCUT2D eigenvalue weighted by Gasteiger charge is 2.40. The van der Waals surface area contributed by atoms with Crippen molar-refractivity contribution >= 4 is 11.6 Å². The van der Waals surface area contributed by atoms with E-state index in [1.54, 1.807) is 6.07 Å². The van der Waals surface area contributed by atoms with Gasteiger partial charge in [0.1, 0.15) is 11.6 Å². The van der Waals surface area contributed by atoms with E-state index in [2.05, 4.69) is 10.2 Å². The Hall–Kier alpha value is -2.51. The van der Waals surface area contributed by atoms with Crippen molar-refractivity contribution in [2.45, 2.75) is 25.2 Å². The van der Waals surface area contributed by atoms with Crippen molar-refractivity contribution in [2.24, 2.45) is 0 Å². The number of rotatable bonds is 2. The third kappa shape index (κ3) is 2.86. The lowest BCUT2D eigenvalue weighted by Crippen LogP contribution is -2.45. The molecule has 2 saturated heterocycles. The number of amides is 1. The van der Waals surface area contributed by atoms with Gasteiger partial charge in [0.05, 0.1) is 13.2 Å². The predicted octanol–water partition coefficient (Wildman–Crippen LogP) is 3.22. The molecule has 0 atom stereocenters. The van der Waals surface area contributed by atoms with Gasteiger partial charge in [-0.15, -0.1) is 0 Å². The summed E-state index contributed by atoms with van der Waals surface area (Å²) in [5.41, 5.74) is 3.21. The van der Waals surface area contributed by atoms with Gasteiger partial charge in [0, 0.05) is 60.9 Å². The van der Waals surface area contributed by atoms with E-state index >= 15 is 0 Å². The Balaban J connectivity index is 1.53. The number of benzene rings is 2. The normalized spacial score (nSPS) is 20.5. The number of carbonyl (C=O) groups is 1. The molecule has 3 aliphatic rings. The van der Waals surface area contributed by atoms with Crippen molar-refractivity contribution in [3.05, 3.63) is 53.1 Å². The van der Waals surface area contributed by atoms with Crippen LogP contribution in [0.15, 0.2) is 30.3 Å². The zero-order chi connectivity index (χ0) is 19.3. The molecule has 0 bridgehead atoms. The Labute approximate surface area is 161 Å². The summed E-state index contributed by atoms with van der Waals surface area (Å²) in [5.74, 6) is -1.93. The van der Waals surface area contributed by atoms with Crippen LogP contribution in [-0.4, -0.2) is 38.0 Å². The fourth-order valence-electron chi connectivity index (χ4n) is 4.34. The molecule has 1 amide bonds. The molecule has 3 heterocycles. The van der Waals surface area contributed by atoms with Crippen LogP contribution < -0.4 is 10.2 Å². The number of fused-ring (bicyclic) bond motifs is 1. The third-order valence-corrected chi connectivity index (χ3v) is 5.82. The Bertz CT molecular complexity index is 947. The Morgan fingerprint density at radius 2 is 1.75 bits per heavy atom. The Morgan fingerprint density at radius 3 is 2.46 bits per heavy atom. The molecule has 5 nitrogen and oxygen atoms in total. The van der Waals surface area contributed by atoms with Gasteiger partial charge in [-0.1, -0.05) is 0 Å². The Morgan fingerprint density at radius 1 is 1.00 bits per heavy atom. The molecule has 0 radical (unpaired) electrons. The zero-order valence-electron chi connectivity index (χ0n) is 15.3. The van der Waals surface area contributed by atoms with Gasteiger partial charge >= 0.3 is 0 Å². The molecular formula is C21H20F2N2O3. The van der Waals surface area contributed by atoms with Crippen molar-refractivity contribution in [1.29, 1.82) is 0 Å². The lowest BCUT2D eigenvalue weighted by molar-refractivity contribution is -0.169. The van der Waals surface area contributed by atoms with Gasteiger partial charge in [-0.2, -0.15) is 0 Å². The molecule has 28 heavy (non-hydrogen) atoms. The number of ether oxygens (including phenoxy) is 2. The number of nitrogens with one attached hydrogen (secondary N) is 1. The molecule has 0 aliphatic carbocycles. The van der Waals surface area contributed by atoms with Crippen LogP contribution in [0.4, 0.5) is 14.5 Å². The van der Waals surface area contributed by atoms with Gasteiger partial charge in [0.2, 0.25) is 0 Å². The standard InChI is InChI=1S/C21H20F2N2O3/c22-14-1-2-15(18(23)11-14)13-9-16-17(12-24-20(16)26)19(10-13)25-5-3-21(4-6-25)27-7-8-28-21/h1-2,9-11H,3-8,12H2,(H,24,26). The molecule has 1 N–H and O–H groups in total. The lowest BCUT2D eigenvalue weighted by atomic mass is 9.95. The molecule has 2 fully saturated rings. The average Bonchev–Trinajstić information content (AvgIpc) is 3.29. The van der Waals surface area contributed by atoms with Crippen LogP contribution in [0.5, 0.6) is 0 Å². The highest BCUT2D eigenvalue weighted by Crippen LogP contribution is 2.38. The van der Waals surface area contributed by atoms with Crippen molar-refractivity contribution < 1.29 is 23.0 Å². The molecule has 2 aromatic rings. The van der Waals surface area contributed by atoms with Crippen LogP contribution in [0.3, 0.4) is 0 Å². The summed E-state index contributed by atoms with van der Waals surface area (Å²) in [7, 11) is 0. The maximum atomic E-state index is 14.4. The minimum absolute atomic E-state index is 0.170. The second kappa shape index (κ2) is 6.53. The van der Waals surface area contributed by atoms with Gasteiger partial charge in [0.25, 0.3) is 5.91 Å². The monoisotopic (exact) mass is 386 g/mol. The first-order valence-electron chi connectivity index (χ1n) is 9.48. The van der Waals surface area contributed by atoms with Crippen LogP contribution >= 0.6 is 0 Å². The highest BCUT2D eigenvalue weighted by molar-refractivity contribution is 6.01. The van der Waals surface area contributed by atoms with Crippen molar-refractivity contribution in [2.75, 3.05) is 31.2 Å². The summed E-state index contributed by atoms with van der Waals surface area (Å²) in [4.78, 5) is 14.5. The minimum Gasteiger partial charge on any atom is -0.371 e. The van der Waals surface area contributed by atoms with Crippen LogP contribution in [0, 0.1) is 11.6 Å². The van der Waals surface area contributed by atoms with Gasteiger partial charge < -0.3 is 19.7 Å². The van der Waals surface area contributed by atoms with Gasteiger partial charge in [0.15, 0.2) is 5.79 Å². The molecule has 2 aromatic carbocycles. The maximum absolute atomic E-state index is 14.4. The third-order valence-electron chi connectivity index (χ3n) is 5.82. The van der Waals surface area contributed by atoms with Crippen molar-refractivity contribution in [3.8, 4) is 11.1 Å². The minimum atomic E-state index is -0.644. The van der Waals surface area contributed by atoms with E-state index in [0.29, 0.717) is 30.9 Å². The number of anilines is 1. The second-order valence-electron chi connectivity index (χ2n) is 7.42. The Kier molecular flexibility index (Phi) is 4.10. The lowest BCUT2D eigenvalue weighted by Gasteiger charge is -2.39. The van der Waals surface area contributed by atoms with E-state index in [0.717, 1.165) is 43.2 Å². The first kappa shape index (κ1) is 17.6. The van der Waals surface area contributed by atoms with Crippen molar-refractivity contribution in [3.63, 3.8) is 0 Å². The average molecular weight is 386 g/mol. The van der Waals surface area contributed by atoms with E-state index in [4.69, 9.17) is 9.47 Å². The van der Waals surface area contributed by atoms with Crippen LogP contribution in [0.2, 0.25) is 0 Å². The van der Waals surface area contributed by atoms with Gasteiger partial charge in [-0.25, -0.2) is 8.78 Å². The topological polar surface area (TPSA) is 50.8 Å². The molecule has 1 spiro atoms. The first-order chi connectivity index (χ1) is 13.5. The second-order valence-corrected chi connectivity index (χ2v) is 7.42. The van der Waals surface area contributed by atoms with Crippen molar-refractivity contribution in [1.82, 2.24) is 5.32 Å². The zero-order valence-corrected chi connectivity index (χ0v) is 15.3. The van der Waals surface area contributed by atoms with E-state index < -0.39 is 17.4 Å². The summed E-state index contributed by atoms with van der Waals surface area (Å²) < 4.78 is 39.3. The molecule has 3 aliphatic heterocycles. The number of nitrogens with zero attached hydrogens (tertiary/aromatic N) is 1. The fourth-order valence-corrected chi connectivity index (χ4v) is 4.34. The molecule has 7 heteroatoms. The molecule has 0 saturated carbocycles. The maximum Gasteiger partial charge on any atom is 0.251 e. The van der Waals surface area contributed by atoms with Crippen LogP contribution in [0.1, 0.15) is 28.8 Å². The van der Waals surface area contributed by atoms with Crippen LogP contribution in [-0.2, 0) is 16.0 Å². The predicted molar refractivity (Wildman–Crippen MR) is 99.0 cm³/mol. The van der Waals surface area contributed by atoms with Gasteiger partial charge in [-0.05, 0) is 29.8 Å². The summed E-state index contributed by atoms with van der Waals surface area (Å²) in [6.45, 7) is 3.12. The van der Waals surface area contributed by atoms with Gasteiger partial charge in [-0.3, -0.25) is 4.79 Å². The molecule has 5 rings (SSSR count). The smallest absolute Gasteiger partial charge is 0.251 e. The van der Waals surface area contributed by atoms with E-state index in [9.17, 15) is 13.6 Å². The van der Waals surface area contributed by atoms with Crippen LogP contribution in [0.25, 0.3) is 11.1 Å². The summed E-state index contributed by atoms with van der Waals surface area (Å²) >= 11 is 0. The SMILES string of the molecule is O=C1NCc2c1cc(-c1ccc(F)cc1F)cc2N1CCC2(CC1)OCCO2. The first-order valence-corrected chi connectivity index (χ1v) is 9.48. The number of halogens is 2. The molecule has 0 aromatic heterocycles. The quantitative estimate of drug-likeness (QED) is 0.861. The number of hydrogen-bond acceptors (Lipinski definition) is 4. The molecular weight excluding hydrogens is 366 g/mol. The van der Waals surface area contributed by atoms with E-state index in [1.807, 2.05) is 6.07 Å². The number of hydrogen-bond donors (Lipinski definition) is 1. The largest absolute Gasteiger partial charge is 0.371 e. The fraction of sp³-hybridized carbons (Fsp3) is 0.381. The number of piperidine rings is 1. The molecule has 0 unspecified atom stereocenters. The number of carbonyl (C=O) groups excluding carboxylic acids is 1. The van der Waals surface area contributed by atoms with E-state index in [1.165, 1.54) is 12.1 Å².